The first kappa shape index (κ1) is 42.4. The number of nitrogens with one attached hydrogen (secondary N) is 1. The topological polar surface area (TPSA) is 80.3 Å². The molecule has 280 valence electrons. The molecule has 8 nitrogen and oxygen atoms in total. The molecule has 1 aliphatic heterocycles. The number of piperidine rings is 1. The van der Waals surface area contributed by atoms with Crippen molar-refractivity contribution in [1.29, 1.82) is 0 Å². The predicted molar refractivity (Wildman–Crippen MR) is 214 cm³/mol. The van der Waals surface area contributed by atoms with E-state index in [0.29, 0.717) is 11.5 Å². The second kappa shape index (κ2) is 22.1. The van der Waals surface area contributed by atoms with Crippen LogP contribution in [0, 0.1) is 0 Å². The van der Waals surface area contributed by atoms with Gasteiger partial charge >= 0.3 is 16.4 Å². The van der Waals surface area contributed by atoms with Gasteiger partial charge in [0.2, 0.25) is 0 Å². The second-order valence-corrected chi connectivity index (χ2v) is 17.0. The minimum atomic E-state index is -1.99. The summed E-state index contributed by atoms with van der Waals surface area (Å²) in [5.41, 5.74) is 0.975. The predicted octanol–water partition coefficient (Wildman–Crippen LogP) is 12.1. The van der Waals surface area contributed by atoms with E-state index in [1.165, 1.54) is 57.8 Å². The lowest BCUT2D eigenvalue weighted by Gasteiger charge is -2.52. The van der Waals surface area contributed by atoms with E-state index >= 15 is 0 Å². The fourth-order valence-electron chi connectivity index (χ4n) is 6.48. The number of rotatable bonds is 20. The lowest BCUT2D eigenvalue weighted by Crippen LogP contribution is -2.61. The van der Waals surface area contributed by atoms with Crippen molar-refractivity contribution in [2.75, 3.05) is 25.4 Å². The SMILES string of the molecule is CCCCCCCCCCCCOc1ccc(N(C)[P+](=O)Oc2ccccc2)cc1.CN1C(C)(C)CC(N[P+](=O)Oc2ccccc2)CC1(C)C. The molecule has 3 aromatic rings. The molecule has 0 bridgehead atoms. The van der Waals surface area contributed by atoms with Gasteiger partial charge in [-0.2, -0.15) is 0 Å². The fraction of sp³-hybridized carbons (Fsp3) is 0.561. The van der Waals surface area contributed by atoms with E-state index in [1.54, 1.807) is 23.9 Å². The number of para-hydroxylation sites is 2. The molecule has 0 radical (unpaired) electrons. The quantitative estimate of drug-likeness (QED) is 0.0906. The van der Waals surface area contributed by atoms with Crippen LogP contribution in [0.3, 0.4) is 0 Å². The highest BCUT2D eigenvalue weighted by Crippen LogP contribution is 2.39. The summed E-state index contributed by atoms with van der Waals surface area (Å²) >= 11 is 0. The molecule has 3 aromatic carbocycles. The summed E-state index contributed by atoms with van der Waals surface area (Å²) < 4.78 is 43.0. The van der Waals surface area contributed by atoms with Crippen LogP contribution in [-0.2, 0) is 9.13 Å². The molecule has 2 unspecified atom stereocenters. The van der Waals surface area contributed by atoms with E-state index in [-0.39, 0.29) is 17.1 Å². The molecule has 10 heteroatoms. The van der Waals surface area contributed by atoms with Gasteiger partial charge in [0.15, 0.2) is 11.5 Å². The van der Waals surface area contributed by atoms with Crippen LogP contribution in [-0.4, -0.2) is 42.7 Å². The molecule has 1 fully saturated rings. The van der Waals surface area contributed by atoms with Crippen LogP contribution in [0.25, 0.3) is 0 Å². The molecule has 1 saturated heterocycles. The summed E-state index contributed by atoms with van der Waals surface area (Å²) in [5.74, 6) is 2.08. The Bertz CT molecular complexity index is 1410. The Balaban J connectivity index is 0.000000293. The number of ether oxygens (including phenoxy) is 1. The molecule has 0 aliphatic carbocycles. The van der Waals surface area contributed by atoms with E-state index < -0.39 is 16.4 Å². The molecule has 2 atom stereocenters. The number of likely N-dealkylation sites (tertiary alicyclic amines) is 1. The van der Waals surface area contributed by atoms with E-state index in [0.717, 1.165) is 37.3 Å². The van der Waals surface area contributed by atoms with Gasteiger partial charge in [0.25, 0.3) is 0 Å². The van der Waals surface area contributed by atoms with Gasteiger partial charge in [0.05, 0.1) is 25.4 Å². The van der Waals surface area contributed by atoms with E-state index in [1.807, 2.05) is 72.8 Å². The zero-order valence-corrected chi connectivity index (χ0v) is 34.0. The summed E-state index contributed by atoms with van der Waals surface area (Å²) in [6.45, 7) is 11.9. The lowest BCUT2D eigenvalue weighted by molar-refractivity contribution is -0.0142. The van der Waals surface area contributed by atoms with Crippen molar-refractivity contribution < 1.29 is 22.9 Å². The Morgan fingerprint density at radius 1 is 0.686 bits per heavy atom. The minimum absolute atomic E-state index is 0.0718. The van der Waals surface area contributed by atoms with Gasteiger partial charge < -0.3 is 4.74 Å². The zero-order valence-electron chi connectivity index (χ0n) is 32.2. The molecule has 1 heterocycles. The van der Waals surface area contributed by atoms with Crippen molar-refractivity contribution in [2.24, 2.45) is 0 Å². The number of nitrogens with zero attached hydrogens (tertiary/aromatic N) is 2. The van der Waals surface area contributed by atoms with Crippen LogP contribution in [0.5, 0.6) is 17.2 Å². The monoisotopic (exact) mass is 739 g/mol. The molecule has 0 aromatic heterocycles. The van der Waals surface area contributed by atoms with Crippen molar-refractivity contribution in [2.45, 2.75) is 129 Å². The maximum atomic E-state index is 12.4. The summed E-state index contributed by atoms with van der Waals surface area (Å²) in [4.78, 5) is 2.41. The maximum Gasteiger partial charge on any atom is 0.696 e. The first-order valence-electron chi connectivity index (χ1n) is 18.8. The molecule has 4 rings (SSSR count). The summed E-state index contributed by atoms with van der Waals surface area (Å²) in [6, 6.07) is 26.4. The Hall–Kier alpha value is -3.02. The molecule has 1 N–H and O–H groups in total. The minimum Gasteiger partial charge on any atom is -0.494 e. The average Bonchev–Trinajstić information content (AvgIpc) is 3.10. The summed E-state index contributed by atoms with van der Waals surface area (Å²) in [5, 5.41) is 3.16. The van der Waals surface area contributed by atoms with Gasteiger partial charge in [0, 0.05) is 20.2 Å². The van der Waals surface area contributed by atoms with Crippen LogP contribution in [0.2, 0.25) is 0 Å². The lowest BCUT2D eigenvalue weighted by atomic mass is 9.78. The average molecular weight is 740 g/mol. The third-order valence-corrected chi connectivity index (χ3v) is 11.7. The molecule has 0 spiro atoms. The Kier molecular flexibility index (Phi) is 18.4. The van der Waals surface area contributed by atoms with Gasteiger partial charge in [-0.25, -0.2) is 9.05 Å². The van der Waals surface area contributed by atoms with Crippen LogP contribution < -0.4 is 23.5 Å². The highest BCUT2D eigenvalue weighted by atomic mass is 31.1. The maximum absolute atomic E-state index is 12.4. The molecule has 0 amide bonds. The Morgan fingerprint density at radius 3 is 1.67 bits per heavy atom. The molecular weight excluding hydrogens is 676 g/mol. The van der Waals surface area contributed by atoms with E-state index in [9.17, 15) is 9.13 Å². The Morgan fingerprint density at radius 2 is 1.16 bits per heavy atom. The van der Waals surface area contributed by atoms with Gasteiger partial charge in [-0.15, -0.1) is 4.67 Å². The normalized spacial score (nSPS) is 16.0. The number of hydrogen-bond donors (Lipinski definition) is 1. The zero-order chi connectivity index (χ0) is 37.1. The van der Waals surface area contributed by atoms with Gasteiger partial charge in [0.1, 0.15) is 5.75 Å². The van der Waals surface area contributed by atoms with Crippen molar-refractivity contribution in [3.05, 3.63) is 84.9 Å². The van der Waals surface area contributed by atoms with Crippen LogP contribution in [0.1, 0.15) is 112 Å². The first-order chi connectivity index (χ1) is 24.4. The number of anilines is 1. The van der Waals surface area contributed by atoms with Crippen LogP contribution in [0.15, 0.2) is 84.9 Å². The van der Waals surface area contributed by atoms with Crippen molar-refractivity contribution >= 4 is 22.0 Å². The third-order valence-electron chi connectivity index (χ3n) is 9.68. The standard InChI is InChI=1S/C25H37NO3P.C16H26N2O2P/c1-3-4-5-6-7-8-9-10-11-15-22-28-24-20-18-23(19-21-24)26(2)30(27)29-25-16-13-12-14-17-25;1-15(2)11-13(12-16(3,4)18(15)5)17-21(19)20-14-9-7-6-8-10-14/h12-14,16-21H,3-11,15,22H2,1-2H3;6-10,13H,11-12H2,1-5H3,(H,17,19)/q2*+1. The molecular formula is C41H63N3O5P2+2. The van der Waals surface area contributed by atoms with Crippen molar-refractivity contribution in [3.63, 3.8) is 0 Å². The van der Waals surface area contributed by atoms with E-state index in [4.69, 9.17) is 13.8 Å². The number of benzene rings is 3. The second-order valence-electron chi connectivity index (χ2n) is 14.8. The smallest absolute Gasteiger partial charge is 0.494 e. The summed E-state index contributed by atoms with van der Waals surface area (Å²) in [6.07, 6.45) is 15.1. The molecule has 51 heavy (non-hydrogen) atoms. The van der Waals surface area contributed by atoms with Crippen molar-refractivity contribution in [1.82, 2.24) is 9.99 Å². The highest BCUT2D eigenvalue weighted by molar-refractivity contribution is 7.41. The number of hydrogen-bond acceptors (Lipinski definition) is 6. The fourth-order valence-corrected chi connectivity index (χ4v) is 8.07. The third kappa shape index (κ3) is 15.6. The van der Waals surface area contributed by atoms with Gasteiger partial charge in [-0.05, 0) is 103 Å². The largest absolute Gasteiger partial charge is 0.696 e. The highest BCUT2D eigenvalue weighted by Gasteiger charge is 2.45. The number of unbranched alkanes of at least 4 members (excludes halogenated alkanes) is 9. The van der Waals surface area contributed by atoms with Crippen LogP contribution >= 0.6 is 16.4 Å². The van der Waals surface area contributed by atoms with Crippen LogP contribution in [0.4, 0.5) is 5.69 Å². The molecule has 0 saturated carbocycles. The first-order valence-corrected chi connectivity index (χ1v) is 21.1. The molecule has 1 aliphatic rings. The Labute approximate surface area is 310 Å². The van der Waals surface area contributed by atoms with Gasteiger partial charge in [-0.3, -0.25) is 4.90 Å². The van der Waals surface area contributed by atoms with Crippen molar-refractivity contribution in [3.8, 4) is 17.2 Å². The van der Waals surface area contributed by atoms with Gasteiger partial charge in [-0.1, -0.05) is 106 Å². The summed E-state index contributed by atoms with van der Waals surface area (Å²) in [7, 11) is 0.0457. The van der Waals surface area contributed by atoms with E-state index in [2.05, 4.69) is 51.7 Å².